The number of nitrogens with two attached hydrogens (primary N) is 1. The number of esters is 1. The lowest BCUT2D eigenvalue weighted by Gasteiger charge is -2.05. The predicted octanol–water partition coefficient (Wildman–Crippen LogP) is 0.997. The van der Waals surface area contributed by atoms with Gasteiger partial charge in [0.2, 0.25) is 10.0 Å². The first-order valence-corrected chi connectivity index (χ1v) is 9.90. The van der Waals surface area contributed by atoms with Gasteiger partial charge in [-0.2, -0.15) is 4.99 Å². The van der Waals surface area contributed by atoms with E-state index in [-0.39, 0.29) is 29.9 Å². The third-order valence-corrected chi connectivity index (χ3v) is 5.23. The van der Waals surface area contributed by atoms with Crippen molar-refractivity contribution in [2.75, 3.05) is 6.61 Å². The molecule has 0 aliphatic heterocycles. The molecule has 0 aliphatic rings. The van der Waals surface area contributed by atoms with Gasteiger partial charge in [0.15, 0.2) is 4.80 Å². The summed E-state index contributed by atoms with van der Waals surface area (Å²) in [5, 5.41) is 5.15. The molecule has 1 aromatic carbocycles. The molecule has 8 nitrogen and oxygen atoms in total. The van der Waals surface area contributed by atoms with Gasteiger partial charge in [-0.15, -0.1) is 0 Å². The van der Waals surface area contributed by atoms with Gasteiger partial charge in [-0.05, 0) is 25.1 Å². The number of fused-ring (bicyclic) bond motifs is 1. The lowest BCUT2D eigenvalue weighted by atomic mass is 10.2. The van der Waals surface area contributed by atoms with Crippen LogP contribution in [0.1, 0.15) is 20.8 Å². The zero-order chi connectivity index (χ0) is 18.8. The summed E-state index contributed by atoms with van der Waals surface area (Å²) in [6.07, 6.45) is 0. The summed E-state index contributed by atoms with van der Waals surface area (Å²) < 4.78 is 30.1. The van der Waals surface area contributed by atoms with Gasteiger partial charge < -0.3 is 9.30 Å². The second-order valence-corrected chi connectivity index (χ2v) is 8.13. The average Bonchev–Trinajstić information content (AvgIpc) is 2.83. The highest BCUT2D eigenvalue weighted by atomic mass is 32.2. The smallest absolute Gasteiger partial charge is 0.326 e. The van der Waals surface area contributed by atoms with Crippen LogP contribution < -0.4 is 9.94 Å². The summed E-state index contributed by atoms with van der Waals surface area (Å²) in [7, 11) is -3.86. The van der Waals surface area contributed by atoms with Crippen molar-refractivity contribution in [3.63, 3.8) is 0 Å². The van der Waals surface area contributed by atoms with E-state index in [1.165, 1.54) is 22.8 Å². The molecular formula is C15H19N3O5S2. The first-order valence-electron chi connectivity index (χ1n) is 7.54. The molecule has 0 saturated heterocycles. The van der Waals surface area contributed by atoms with Crippen molar-refractivity contribution in [3.8, 4) is 0 Å². The number of thiazole rings is 1. The second kappa shape index (κ2) is 7.46. The Hall–Kier alpha value is -2.04. The number of rotatable bonds is 5. The van der Waals surface area contributed by atoms with Crippen LogP contribution in [0.25, 0.3) is 10.2 Å². The fourth-order valence-corrected chi connectivity index (χ4v) is 3.72. The predicted molar refractivity (Wildman–Crippen MR) is 93.2 cm³/mol. The van der Waals surface area contributed by atoms with Crippen molar-refractivity contribution in [1.29, 1.82) is 0 Å². The zero-order valence-corrected chi connectivity index (χ0v) is 15.7. The molecule has 10 heteroatoms. The van der Waals surface area contributed by atoms with Crippen molar-refractivity contribution in [2.45, 2.75) is 32.2 Å². The molecule has 1 amide bonds. The number of hydrogen-bond donors (Lipinski definition) is 1. The molecule has 1 aromatic heterocycles. The molecule has 2 aromatic rings. The van der Waals surface area contributed by atoms with E-state index < -0.39 is 16.0 Å². The lowest BCUT2D eigenvalue weighted by molar-refractivity contribution is -0.143. The van der Waals surface area contributed by atoms with E-state index in [0.29, 0.717) is 15.0 Å². The van der Waals surface area contributed by atoms with Crippen LogP contribution in [0, 0.1) is 5.92 Å². The Balaban J connectivity index is 2.67. The highest BCUT2D eigenvalue weighted by Gasteiger charge is 2.16. The molecule has 2 rings (SSSR count). The van der Waals surface area contributed by atoms with Crippen LogP contribution in [0.4, 0.5) is 0 Å². The second-order valence-electron chi connectivity index (χ2n) is 5.56. The summed E-state index contributed by atoms with van der Waals surface area (Å²) in [5.74, 6) is -1.12. The van der Waals surface area contributed by atoms with Crippen LogP contribution in [0.2, 0.25) is 0 Å². The molecule has 25 heavy (non-hydrogen) atoms. The van der Waals surface area contributed by atoms with Crippen LogP contribution in [0.5, 0.6) is 0 Å². The van der Waals surface area contributed by atoms with E-state index in [4.69, 9.17) is 9.88 Å². The third kappa shape index (κ3) is 4.53. The van der Waals surface area contributed by atoms with Gasteiger partial charge in [0, 0.05) is 5.92 Å². The Morgan fingerprint density at radius 2 is 2.04 bits per heavy atom. The number of amides is 1. The Bertz CT molecular complexity index is 986. The summed E-state index contributed by atoms with van der Waals surface area (Å²) in [5.41, 5.74) is 0.570. The maximum absolute atomic E-state index is 12.0. The third-order valence-electron chi connectivity index (χ3n) is 3.28. The van der Waals surface area contributed by atoms with E-state index in [1.54, 1.807) is 20.8 Å². The Morgan fingerprint density at radius 3 is 2.60 bits per heavy atom. The number of ether oxygens (including phenoxy) is 1. The van der Waals surface area contributed by atoms with Crippen LogP contribution in [0.15, 0.2) is 28.1 Å². The van der Waals surface area contributed by atoms with Gasteiger partial charge in [-0.1, -0.05) is 25.2 Å². The number of sulfonamides is 1. The molecule has 0 bridgehead atoms. The highest BCUT2D eigenvalue weighted by Crippen LogP contribution is 2.21. The van der Waals surface area contributed by atoms with E-state index in [2.05, 4.69) is 4.99 Å². The molecule has 0 unspecified atom stereocenters. The van der Waals surface area contributed by atoms with Crippen molar-refractivity contribution in [3.05, 3.63) is 23.0 Å². The zero-order valence-electron chi connectivity index (χ0n) is 14.1. The number of aromatic nitrogens is 1. The van der Waals surface area contributed by atoms with Crippen molar-refractivity contribution < 1.29 is 22.7 Å². The van der Waals surface area contributed by atoms with Gasteiger partial charge in [-0.3, -0.25) is 9.59 Å². The standard InChI is InChI=1S/C15H19N3O5S2/c1-4-23-13(19)8-18-11-6-5-10(25(16,21)22)7-12(11)24-15(18)17-14(20)9(2)3/h5-7,9H,4,8H2,1-3H3,(H2,16,21,22). The minimum atomic E-state index is -3.86. The number of carbonyl (C=O) groups excluding carboxylic acids is 2. The van der Waals surface area contributed by atoms with E-state index in [9.17, 15) is 18.0 Å². The highest BCUT2D eigenvalue weighted by molar-refractivity contribution is 7.89. The monoisotopic (exact) mass is 385 g/mol. The first kappa shape index (κ1) is 19.3. The quantitative estimate of drug-likeness (QED) is 0.770. The van der Waals surface area contributed by atoms with E-state index in [0.717, 1.165) is 11.3 Å². The summed E-state index contributed by atoms with van der Waals surface area (Å²) in [4.78, 5) is 28.1. The van der Waals surface area contributed by atoms with Gasteiger partial charge >= 0.3 is 5.97 Å². The van der Waals surface area contributed by atoms with E-state index >= 15 is 0 Å². The molecule has 0 radical (unpaired) electrons. The number of carbonyl (C=O) groups is 2. The number of hydrogen-bond acceptors (Lipinski definition) is 6. The summed E-state index contributed by atoms with van der Waals surface area (Å²) in [6, 6.07) is 4.28. The van der Waals surface area contributed by atoms with Crippen LogP contribution >= 0.6 is 11.3 Å². The topological polar surface area (TPSA) is 121 Å². The van der Waals surface area contributed by atoms with Gasteiger partial charge in [-0.25, -0.2) is 13.6 Å². The lowest BCUT2D eigenvalue weighted by Crippen LogP contribution is -2.23. The molecule has 2 N–H and O–H groups in total. The summed E-state index contributed by atoms with van der Waals surface area (Å²) >= 11 is 1.11. The Labute approximate surface area is 149 Å². The fraction of sp³-hybridized carbons (Fsp3) is 0.400. The van der Waals surface area contributed by atoms with Crippen LogP contribution in [0.3, 0.4) is 0 Å². The molecule has 0 fully saturated rings. The number of nitrogens with zero attached hydrogens (tertiary/aromatic N) is 2. The molecule has 136 valence electrons. The minimum absolute atomic E-state index is 0.0497. The average molecular weight is 385 g/mol. The number of primary sulfonamides is 1. The van der Waals surface area contributed by atoms with Crippen LogP contribution in [-0.4, -0.2) is 31.5 Å². The molecule has 0 aliphatic carbocycles. The largest absolute Gasteiger partial charge is 0.465 e. The molecule has 1 heterocycles. The van der Waals surface area contributed by atoms with Gasteiger partial charge in [0.1, 0.15) is 6.54 Å². The minimum Gasteiger partial charge on any atom is -0.465 e. The number of benzene rings is 1. The maximum atomic E-state index is 12.0. The van der Waals surface area contributed by atoms with Crippen molar-refractivity contribution in [1.82, 2.24) is 4.57 Å². The summed E-state index contributed by atoms with van der Waals surface area (Å²) in [6.45, 7) is 5.23. The van der Waals surface area contributed by atoms with Gasteiger partial charge in [0.25, 0.3) is 5.91 Å². The first-order chi connectivity index (χ1) is 11.6. The molecule has 0 saturated carbocycles. The van der Waals surface area contributed by atoms with E-state index in [1.807, 2.05) is 0 Å². The fourth-order valence-electron chi connectivity index (χ4n) is 2.03. The normalized spacial score (nSPS) is 12.8. The van der Waals surface area contributed by atoms with Gasteiger partial charge in [0.05, 0.1) is 21.7 Å². The molecule has 0 spiro atoms. The molecular weight excluding hydrogens is 366 g/mol. The van der Waals surface area contributed by atoms with Crippen molar-refractivity contribution >= 4 is 43.5 Å². The Morgan fingerprint density at radius 1 is 1.36 bits per heavy atom. The van der Waals surface area contributed by atoms with Crippen LogP contribution in [-0.2, 0) is 30.9 Å². The molecule has 0 atom stereocenters. The Kier molecular flexibility index (Phi) is 5.76. The SMILES string of the molecule is CCOC(=O)Cn1c(=NC(=O)C(C)C)sc2cc(S(N)(=O)=O)ccc21. The van der Waals surface area contributed by atoms with Crippen molar-refractivity contribution in [2.24, 2.45) is 16.0 Å². The maximum Gasteiger partial charge on any atom is 0.326 e.